The van der Waals surface area contributed by atoms with E-state index in [-0.39, 0.29) is 11.4 Å². The molecule has 4 N–H and O–H groups in total. The smallest absolute Gasteiger partial charge is 0.339 e. The number of nitrogens with two attached hydrogens (primary N) is 2. The van der Waals surface area contributed by atoms with E-state index in [9.17, 15) is 9.59 Å². The van der Waals surface area contributed by atoms with Crippen molar-refractivity contribution in [1.29, 1.82) is 0 Å². The third-order valence-corrected chi connectivity index (χ3v) is 1.80. The van der Waals surface area contributed by atoms with Crippen molar-refractivity contribution < 1.29 is 14.3 Å². The quantitative estimate of drug-likeness (QED) is 0.549. The Morgan fingerprint density at radius 1 is 1.50 bits per heavy atom. The predicted octanol–water partition coefficient (Wildman–Crippen LogP) is -0.0511. The number of carbonyl (C=O) groups is 2. The second-order valence-corrected chi connectivity index (χ2v) is 2.93. The van der Waals surface area contributed by atoms with E-state index in [0.29, 0.717) is 5.56 Å². The van der Waals surface area contributed by atoms with Gasteiger partial charge in [-0.2, -0.15) is 0 Å². The maximum absolute atomic E-state index is 11.2. The highest BCUT2D eigenvalue weighted by atomic mass is 16.5. The van der Waals surface area contributed by atoms with Gasteiger partial charge in [0.1, 0.15) is 5.82 Å². The summed E-state index contributed by atoms with van der Waals surface area (Å²) in [6, 6.07) is 1.47. The fourth-order valence-corrected chi connectivity index (χ4v) is 1.03. The first-order chi connectivity index (χ1) is 7.54. The van der Waals surface area contributed by atoms with E-state index in [4.69, 9.17) is 11.5 Å². The van der Waals surface area contributed by atoms with Crippen molar-refractivity contribution >= 4 is 23.8 Å². The molecular weight excluding hydrogens is 210 g/mol. The van der Waals surface area contributed by atoms with E-state index in [1.807, 2.05) is 0 Å². The molecule has 1 aromatic heterocycles. The fourth-order valence-electron chi connectivity index (χ4n) is 1.03. The van der Waals surface area contributed by atoms with Gasteiger partial charge in [0.05, 0.1) is 12.7 Å². The molecule has 6 heteroatoms. The monoisotopic (exact) mass is 221 g/mol. The Labute approximate surface area is 91.9 Å². The highest BCUT2D eigenvalue weighted by molar-refractivity contribution is 5.93. The maximum atomic E-state index is 11.2. The molecule has 1 rings (SSSR count). The van der Waals surface area contributed by atoms with Crippen molar-refractivity contribution in [3.05, 3.63) is 29.5 Å². The summed E-state index contributed by atoms with van der Waals surface area (Å²) in [6.45, 7) is 0. The van der Waals surface area contributed by atoms with E-state index in [2.05, 4.69) is 9.72 Å². The summed E-state index contributed by atoms with van der Waals surface area (Å²) >= 11 is 0. The molecule has 1 aromatic rings. The second-order valence-electron chi connectivity index (χ2n) is 2.93. The molecule has 0 bridgehead atoms. The Hall–Kier alpha value is -2.37. The van der Waals surface area contributed by atoms with Gasteiger partial charge in [0.25, 0.3) is 0 Å². The van der Waals surface area contributed by atoms with E-state index in [0.717, 1.165) is 6.08 Å². The molecule has 0 spiro atoms. The highest BCUT2D eigenvalue weighted by Crippen LogP contribution is 2.13. The SMILES string of the molecule is COC(=O)c1cnc(N)c(C=CC(N)=O)c1. The summed E-state index contributed by atoms with van der Waals surface area (Å²) in [5.41, 5.74) is 11.2. The minimum Gasteiger partial charge on any atom is -0.465 e. The van der Waals surface area contributed by atoms with Crippen molar-refractivity contribution in [1.82, 2.24) is 4.98 Å². The number of nitrogens with zero attached hydrogens (tertiary/aromatic N) is 1. The number of nitrogen functional groups attached to an aromatic ring is 1. The number of carbonyl (C=O) groups excluding carboxylic acids is 2. The predicted molar refractivity (Wildman–Crippen MR) is 58.2 cm³/mol. The molecule has 0 unspecified atom stereocenters. The van der Waals surface area contributed by atoms with Crippen LogP contribution in [0.5, 0.6) is 0 Å². The molecule has 0 aliphatic heterocycles. The van der Waals surface area contributed by atoms with Crippen molar-refractivity contribution in [3.8, 4) is 0 Å². The molecule has 0 aromatic carbocycles. The third-order valence-electron chi connectivity index (χ3n) is 1.80. The fraction of sp³-hybridized carbons (Fsp3) is 0.100. The lowest BCUT2D eigenvalue weighted by atomic mass is 10.1. The summed E-state index contributed by atoms with van der Waals surface area (Å²) in [7, 11) is 1.26. The number of methoxy groups -OCH3 is 1. The van der Waals surface area contributed by atoms with E-state index >= 15 is 0 Å². The Morgan fingerprint density at radius 3 is 2.75 bits per heavy atom. The molecule has 0 atom stereocenters. The van der Waals surface area contributed by atoms with E-state index < -0.39 is 11.9 Å². The average molecular weight is 221 g/mol. The molecule has 1 amide bonds. The van der Waals surface area contributed by atoms with Crippen LogP contribution in [0.2, 0.25) is 0 Å². The minimum atomic E-state index is -0.608. The zero-order chi connectivity index (χ0) is 12.1. The Kier molecular flexibility index (Phi) is 3.60. The number of esters is 1. The lowest BCUT2D eigenvalue weighted by Gasteiger charge is -2.02. The molecule has 0 saturated carbocycles. The summed E-state index contributed by atoms with van der Waals surface area (Å²) in [5.74, 6) is -0.936. The van der Waals surface area contributed by atoms with Crippen LogP contribution in [0.15, 0.2) is 18.3 Å². The normalized spacial score (nSPS) is 10.3. The van der Waals surface area contributed by atoms with Gasteiger partial charge in [-0.25, -0.2) is 9.78 Å². The Morgan fingerprint density at radius 2 is 2.19 bits per heavy atom. The topological polar surface area (TPSA) is 108 Å². The largest absolute Gasteiger partial charge is 0.465 e. The zero-order valence-electron chi connectivity index (χ0n) is 8.64. The third kappa shape index (κ3) is 2.81. The van der Waals surface area contributed by atoms with Crippen LogP contribution in [-0.2, 0) is 9.53 Å². The first kappa shape index (κ1) is 11.7. The van der Waals surface area contributed by atoms with Gasteiger partial charge in [0.15, 0.2) is 0 Å². The Bertz CT molecular complexity index is 455. The number of anilines is 1. The number of rotatable bonds is 3. The summed E-state index contributed by atoms with van der Waals surface area (Å²) in [5, 5.41) is 0. The van der Waals surface area contributed by atoms with Crippen LogP contribution in [0, 0.1) is 0 Å². The molecule has 0 aliphatic rings. The molecule has 1 heterocycles. The van der Waals surface area contributed by atoms with E-state index in [1.165, 1.54) is 25.4 Å². The van der Waals surface area contributed by atoms with Gasteiger partial charge >= 0.3 is 5.97 Å². The summed E-state index contributed by atoms with van der Waals surface area (Å²) < 4.78 is 4.52. The molecule has 0 radical (unpaired) electrons. The average Bonchev–Trinajstić information content (AvgIpc) is 2.26. The second kappa shape index (κ2) is 4.92. The highest BCUT2D eigenvalue weighted by Gasteiger charge is 2.07. The number of hydrogen-bond acceptors (Lipinski definition) is 5. The molecule has 6 nitrogen and oxygen atoms in total. The first-order valence-electron chi connectivity index (χ1n) is 4.36. The maximum Gasteiger partial charge on any atom is 0.339 e. The number of amides is 1. The van der Waals surface area contributed by atoms with Crippen molar-refractivity contribution in [2.75, 3.05) is 12.8 Å². The van der Waals surface area contributed by atoms with Crippen LogP contribution < -0.4 is 11.5 Å². The van der Waals surface area contributed by atoms with Gasteiger partial charge in [-0.05, 0) is 12.1 Å². The number of aromatic nitrogens is 1. The lowest BCUT2D eigenvalue weighted by molar-refractivity contribution is -0.113. The molecular formula is C10H11N3O3. The molecule has 0 aliphatic carbocycles. The summed E-state index contributed by atoms with van der Waals surface area (Å²) in [6.07, 6.45) is 3.81. The molecule has 16 heavy (non-hydrogen) atoms. The van der Waals surface area contributed by atoms with Gasteiger partial charge < -0.3 is 16.2 Å². The number of ether oxygens (including phenoxy) is 1. The zero-order valence-corrected chi connectivity index (χ0v) is 8.64. The number of primary amides is 1. The van der Waals surface area contributed by atoms with Crippen LogP contribution in [0.25, 0.3) is 6.08 Å². The van der Waals surface area contributed by atoms with Crippen molar-refractivity contribution in [2.45, 2.75) is 0 Å². The lowest BCUT2D eigenvalue weighted by Crippen LogP contribution is -2.06. The molecule has 84 valence electrons. The van der Waals surface area contributed by atoms with E-state index in [1.54, 1.807) is 0 Å². The minimum absolute atomic E-state index is 0.199. The molecule has 0 saturated heterocycles. The number of pyridine rings is 1. The van der Waals surface area contributed by atoms with Gasteiger partial charge in [-0.15, -0.1) is 0 Å². The van der Waals surface area contributed by atoms with Gasteiger partial charge in [-0.3, -0.25) is 4.79 Å². The van der Waals surface area contributed by atoms with Crippen molar-refractivity contribution in [3.63, 3.8) is 0 Å². The van der Waals surface area contributed by atoms with Crippen LogP contribution in [0.3, 0.4) is 0 Å². The van der Waals surface area contributed by atoms with Crippen LogP contribution >= 0.6 is 0 Å². The van der Waals surface area contributed by atoms with Gasteiger partial charge in [0, 0.05) is 17.8 Å². The van der Waals surface area contributed by atoms with Gasteiger partial charge in [0.2, 0.25) is 5.91 Å². The first-order valence-corrected chi connectivity index (χ1v) is 4.36. The van der Waals surface area contributed by atoms with Crippen LogP contribution in [-0.4, -0.2) is 24.0 Å². The standard InChI is InChI=1S/C10H11N3O3/c1-16-10(15)7-4-6(2-3-8(11)14)9(12)13-5-7/h2-5H,1H3,(H2,11,14)(H2,12,13). The molecule has 0 fully saturated rings. The van der Waals surface area contributed by atoms with Crippen LogP contribution in [0.1, 0.15) is 15.9 Å². The summed E-state index contributed by atoms with van der Waals surface area (Å²) in [4.78, 5) is 25.5. The Balaban J connectivity index is 3.08. The number of hydrogen-bond donors (Lipinski definition) is 2. The van der Waals surface area contributed by atoms with Crippen LogP contribution in [0.4, 0.5) is 5.82 Å². The van der Waals surface area contributed by atoms with Crippen molar-refractivity contribution in [2.24, 2.45) is 5.73 Å². The van der Waals surface area contributed by atoms with Gasteiger partial charge in [-0.1, -0.05) is 0 Å².